The standard InChI is InChI=1S/C68H125NO8/c1-6-8-10-12-14-16-18-20-22-24-26-28-30-32-33-35-37-39-41-43-45-47-49-51-53-55-57-59-66(71)77-64(63-76-68(67(72)73)74-61-60-69(3,4)5)62-75-65(70)58-56-54-52-50-48-46-44-42-40-38-36-34-31-29-27-25-23-21-19-17-15-13-11-9-7-2/h18,20,24-27,30,32,64,68H,6-17,19,21-23,28-29,31,33-63H2,1-5H3/p+1/b20-18-,26-24-,27-25-,32-30-. The number of carboxylic acids is 1. The lowest BCUT2D eigenvalue weighted by Crippen LogP contribution is -2.40. The zero-order chi connectivity index (χ0) is 56.2. The molecule has 9 nitrogen and oxygen atoms in total. The van der Waals surface area contributed by atoms with Crippen LogP contribution in [0.2, 0.25) is 0 Å². The molecule has 2 unspecified atom stereocenters. The maximum absolute atomic E-state index is 12.9. The lowest BCUT2D eigenvalue weighted by Gasteiger charge is -2.25. The van der Waals surface area contributed by atoms with Crippen molar-refractivity contribution in [3.05, 3.63) is 48.6 Å². The molecule has 0 saturated heterocycles. The maximum Gasteiger partial charge on any atom is 0.361 e. The third-order valence-electron chi connectivity index (χ3n) is 14.6. The van der Waals surface area contributed by atoms with Crippen molar-refractivity contribution in [1.82, 2.24) is 0 Å². The molecule has 0 fully saturated rings. The van der Waals surface area contributed by atoms with E-state index in [9.17, 15) is 19.5 Å². The Bertz CT molecular complexity index is 1400. The molecule has 0 aliphatic rings. The van der Waals surface area contributed by atoms with Crippen molar-refractivity contribution in [2.24, 2.45) is 0 Å². The van der Waals surface area contributed by atoms with Gasteiger partial charge in [0, 0.05) is 12.8 Å². The number of nitrogens with zero attached hydrogens (tertiary/aromatic N) is 1. The van der Waals surface area contributed by atoms with Crippen LogP contribution in [0.5, 0.6) is 0 Å². The van der Waals surface area contributed by atoms with E-state index in [0.29, 0.717) is 17.4 Å². The summed E-state index contributed by atoms with van der Waals surface area (Å²) in [5, 5.41) is 9.73. The summed E-state index contributed by atoms with van der Waals surface area (Å²) in [6, 6.07) is 0. The van der Waals surface area contributed by atoms with Gasteiger partial charge < -0.3 is 28.5 Å². The van der Waals surface area contributed by atoms with Crippen molar-refractivity contribution in [2.45, 2.75) is 322 Å². The first-order chi connectivity index (χ1) is 37.6. The van der Waals surface area contributed by atoms with Gasteiger partial charge in [-0.05, 0) is 77.0 Å². The van der Waals surface area contributed by atoms with Crippen LogP contribution in [0.15, 0.2) is 48.6 Å². The van der Waals surface area contributed by atoms with Crippen molar-refractivity contribution in [1.29, 1.82) is 0 Å². The second-order valence-corrected chi connectivity index (χ2v) is 23.4. The topological polar surface area (TPSA) is 108 Å². The molecular weight excluding hydrogens is 959 g/mol. The summed E-state index contributed by atoms with van der Waals surface area (Å²) in [5.41, 5.74) is 0. The van der Waals surface area contributed by atoms with Crippen molar-refractivity contribution < 1.29 is 42.9 Å². The zero-order valence-corrected chi connectivity index (χ0v) is 51.4. The summed E-state index contributed by atoms with van der Waals surface area (Å²) < 4.78 is 23.0. The highest BCUT2D eigenvalue weighted by atomic mass is 16.7. The molecule has 2 atom stereocenters. The van der Waals surface area contributed by atoms with Crippen LogP contribution in [0.25, 0.3) is 0 Å². The zero-order valence-electron chi connectivity index (χ0n) is 51.4. The molecule has 0 rings (SSSR count). The Hall–Kier alpha value is -2.75. The number of hydrogen-bond donors (Lipinski definition) is 1. The lowest BCUT2D eigenvalue weighted by atomic mass is 10.0. The fourth-order valence-electron chi connectivity index (χ4n) is 9.49. The molecule has 0 spiro atoms. The Kier molecular flexibility index (Phi) is 57.3. The van der Waals surface area contributed by atoms with E-state index in [0.717, 1.165) is 51.4 Å². The second-order valence-electron chi connectivity index (χ2n) is 23.4. The van der Waals surface area contributed by atoms with Crippen LogP contribution in [0, 0.1) is 0 Å². The number of carboxylic acid groups (broad SMARTS) is 1. The smallest absolute Gasteiger partial charge is 0.361 e. The van der Waals surface area contributed by atoms with Gasteiger partial charge in [0.1, 0.15) is 13.2 Å². The molecule has 77 heavy (non-hydrogen) atoms. The highest BCUT2D eigenvalue weighted by Crippen LogP contribution is 2.17. The predicted octanol–water partition coefficient (Wildman–Crippen LogP) is 19.8. The molecule has 0 radical (unpaired) electrons. The Morgan fingerprint density at radius 3 is 1.05 bits per heavy atom. The van der Waals surface area contributed by atoms with E-state index in [1.54, 1.807) is 0 Å². The molecule has 1 N–H and O–H groups in total. The minimum absolute atomic E-state index is 0.181. The number of aliphatic carboxylic acids is 1. The fourth-order valence-corrected chi connectivity index (χ4v) is 9.49. The largest absolute Gasteiger partial charge is 0.477 e. The van der Waals surface area contributed by atoms with Crippen LogP contribution >= 0.6 is 0 Å². The third kappa shape index (κ3) is 60.7. The highest BCUT2D eigenvalue weighted by molar-refractivity contribution is 5.71. The van der Waals surface area contributed by atoms with Crippen LogP contribution in [-0.4, -0.2) is 87.4 Å². The van der Waals surface area contributed by atoms with Gasteiger partial charge >= 0.3 is 17.9 Å². The van der Waals surface area contributed by atoms with Crippen molar-refractivity contribution in [2.75, 3.05) is 47.5 Å². The van der Waals surface area contributed by atoms with Crippen LogP contribution in [0.4, 0.5) is 0 Å². The Balaban J connectivity index is 4.16. The summed E-state index contributed by atoms with van der Waals surface area (Å²) in [7, 11) is 5.98. The molecule has 0 aliphatic heterocycles. The summed E-state index contributed by atoms with van der Waals surface area (Å²) in [6.07, 6.45) is 72.0. The Morgan fingerprint density at radius 2 is 0.701 bits per heavy atom. The van der Waals surface area contributed by atoms with Crippen molar-refractivity contribution >= 4 is 17.9 Å². The number of likely N-dealkylation sites (N-methyl/N-ethyl adjacent to an activating group) is 1. The van der Waals surface area contributed by atoms with Gasteiger partial charge in [-0.25, -0.2) is 4.79 Å². The Morgan fingerprint density at radius 1 is 0.390 bits per heavy atom. The molecule has 0 aliphatic carbocycles. The first-order valence-corrected chi connectivity index (χ1v) is 32.8. The number of rotatable bonds is 61. The second kappa shape index (κ2) is 59.4. The van der Waals surface area contributed by atoms with Gasteiger partial charge in [-0.15, -0.1) is 0 Å². The van der Waals surface area contributed by atoms with E-state index < -0.39 is 24.3 Å². The van der Waals surface area contributed by atoms with Gasteiger partial charge in [0.15, 0.2) is 6.10 Å². The van der Waals surface area contributed by atoms with Crippen LogP contribution in [-0.2, 0) is 33.3 Å². The van der Waals surface area contributed by atoms with Gasteiger partial charge in [-0.2, -0.15) is 0 Å². The summed E-state index contributed by atoms with van der Waals surface area (Å²) in [4.78, 5) is 37.6. The number of hydrogen-bond acceptors (Lipinski definition) is 7. The summed E-state index contributed by atoms with van der Waals surface area (Å²) in [5.74, 6) is -1.99. The van der Waals surface area contributed by atoms with Gasteiger partial charge in [0.25, 0.3) is 6.29 Å². The van der Waals surface area contributed by atoms with Crippen molar-refractivity contribution in [3.63, 3.8) is 0 Å². The molecule has 450 valence electrons. The van der Waals surface area contributed by atoms with E-state index in [2.05, 4.69) is 62.5 Å². The van der Waals surface area contributed by atoms with E-state index in [4.69, 9.17) is 18.9 Å². The van der Waals surface area contributed by atoms with Crippen LogP contribution in [0.3, 0.4) is 0 Å². The molecule has 0 aromatic heterocycles. The number of allylic oxidation sites excluding steroid dienone is 8. The molecule has 9 heteroatoms. The minimum Gasteiger partial charge on any atom is -0.477 e. The number of carbonyl (C=O) groups is 3. The minimum atomic E-state index is -1.51. The third-order valence-corrected chi connectivity index (χ3v) is 14.6. The van der Waals surface area contributed by atoms with Gasteiger partial charge in [0.05, 0.1) is 34.4 Å². The summed E-state index contributed by atoms with van der Waals surface area (Å²) >= 11 is 0. The number of ether oxygens (including phenoxy) is 4. The monoisotopic (exact) mass is 1080 g/mol. The number of carbonyl (C=O) groups excluding carboxylic acids is 2. The average molecular weight is 1090 g/mol. The van der Waals surface area contributed by atoms with Crippen LogP contribution in [0.1, 0.15) is 309 Å². The first-order valence-electron chi connectivity index (χ1n) is 32.8. The highest BCUT2D eigenvalue weighted by Gasteiger charge is 2.25. The predicted molar refractivity (Wildman–Crippen MR) is 327 cm³/mol. The molecular formula is C68H126NO8+. The maximum atomic E-state index is 12.9. The van der Waals surface area contributed by atoms with Gasteiger partial charge in [-0.3, -0.25) is 9.59 Å². The Labute approximate surface area is 476 Å². The van der Waals surface area contributed by atoms with Gasteiger partial charge in [0.2, 0.25) is 0 Å². The SMILES string of the molecule is CCCCCCC/C=C\C/C=C\C/C=C\CCCCCCCCCCCCCCC(=O)OC(COC(=O)CCCCCCCCCCCCCCC/C=C\CCCCCCCCCC)COC(OCC[N+](C)(C)C)C(=O)O. The molecule has 0 saturated carbocycles. The fraction of sp³-hybridized carbons (Fsp3) is 0.838. The van der Waals surface area contributed by atoms with Gasteiger partial charge in [-0.1, -0.05) is 268 Å². The lowest BCUT2D eigenvalue weighted by molar-refractivity contribution is -0.870. The molecule has 0 amide bonds. The normalized spacial score (nSPS) is 13.0. The van der Waals surface area contributed by atoms with E-state index in [1.807, 2.05) is 21.1 Å². The molecule has 0 bridgehead atoms. The van der Waals surface area contributed by atoms with E-state index in [-0.39, 0.29) is 32.2 Å². The average Bonchev–Trinajstić information content (AvgIpc) is 3.40. The van der Waals surface area contributed by atoms with Crippen LogP contribution < -0.4 is 0 Å². The number of quaternary nitrogens is 1. The van der Waals surface area contributed by atoms with Crippen molar-refractivity contribution in [3.8, 4) is 0 Å². The molecule has 0 aromatic carbocycles. The number of esters is 2. The van der Waals surface area contributed by atoms with E-state index in [1.165, 1.54) is 231 Å². The first kappa shape index (κ1) is 74.2. The molecule has 0 aromatic rings. The quantitative estimate of drug-likeness (QED) is 0.0211. The molecule has 0 heterocycles. The van der Waals surface area contributed by atoms with E-state index >= 15 is 0 Å². The summed E-state index contributed by atoms with van der Waals surface area (Å²) in [6.45, 7) is 4.91. The number of unbranched alkanes of at least 4 members (excludes halogenated alkanes) is 38.